The van der Waals surface area contributed by atoms with Gasteiger partial charge in [0.15, 0.2) is 55.0 Å². The van der Waals surface area contributed by atoms with Gasteiger partial charge in [-0.25, -0.2) is 19.2 Å². The first-order valence-electron chi connectivity index (χ1n) is 36.7. The van der Waals surface area contributed by atoms with Crippen LogP contribution in [-0.2, 0) is 8.85 Å². The van der Waals surface area contributed by atoms with Gasteiger partial charge in [0.05, 0.1) is 102 Å². The Kier molecular flexibility index (Phi) is 69.3. The molecule has 628 valence electrons. The number of ether oxygens (including phenoxy) is 12. The lowest BCUT2D eigenvalue weighted by Gasteiger charge is -2.18. The monoisotopic (exact) mass is 1590 g/mol. The van der Waals surface area contributed by atoms with Crippen molar-refractivity contribution >= 4 is 41.2 Å². The molecule has 4 N–H and O–H groups in total. The smallest absolute Gasteiger partial charge is 0.335 e. The third-order valence-corrected chi connectivity index (χ3v) is 17.5. The summed E-state index contributed by atoms with van der Waals surface area (Å²) in [4.78, 5) is 46.2. The van der Waals surface area contributed by atoms with E-state index in [-0.39, 0.29) is 52.0 Å². The molecule has 0 atom stereocenters. The van der Waals surface area contributed by atoms with Crippen LogP contribution in [0.1, 0.15) is 208 Å². The van der Waals surface area contributed by atoms with Gasteiger partial charge in [0, 0.05) is 14.2 Å². The fourth-order valence-electron chi connectivity index (χ4n) is 7.95. The summed E-state index contributed by atoms with van der Waals surface area (Å²) in [5, 5.41) is 37.9. The Morgan fingerprint density at radius 3 is 0.712 bits per heavy atom. The van der Waals surface area contributed by atoms with Crippen LogP contribution in [0.3, 0.4) is 0 Å². The molecule has 0 aliphatic heterocycles. The van der Waals surface area contributed by atoms with Crippen molar-refractivity contribution in [2.24, 2.45) is 0 Å². The molecule has 4 rings (SSSR count). The summed E-state index contributed by atoms with van der Waals surface area (Å²) in [5.41, 5.74) is 2.23. The van der Waals surface area contributed by atoms with Gasteiger partial charge >= 0.3 is 23.9 Å². The molecule has 24 heteroatoms. The molecule has 0 spiro atoms. The number of rotatable bonds is 56. The predicted octanol–water partition coefficient (Wildman–Crippen LogP) is 22.2. The van der Waals surface area contributed by atoms with E-state index in [0.29, 0.717) is 200 Å². The number of hydrogen-bond donors (Lipinski definition) is 4. The third-order valence-electron chi connectivity index (χ3n) is 14.5. The number of hydrogen-bond acceptors (Lipinski definition) is 18. The second-order valence-corrected chi connectivity index (χ2v) is 30.8. The molecule has 0 fully saturated rings. The van der Waals surface area contributed by atoms with Crippen molar-refractivity contribution in [3.63, 3.8) is 0 Å². The van der Waals surface area contributed by atoms with Crippen molar-refractivity contribution in [1.82, 2.24) is 0 Å². The molecule has 0 saturated carbocycles. The Balaban J connectivity index is -0.000000494. The van der Waals surface area contributed by atoms with Gasteiger partial charge in [0.25, 0.3) is 0 Å². The van der Waals surface area contributed by atoms with Gasteiger partial charge in [-0.15, -0.1) is 46.1 Å². The summed E-state index contributed by atoms with van der Waals surface area (Å²) < 4.78 is 79.9. The van der Waals surface area contributed by atoms with Crippen LogP contribution in [0.5, 0.6) is 69.0 Å². The first-order valence-corrected chi connectivity index (χ1v) is 42.5. The second kappa shape index (κ2) is 69.8. The maximum absolute atomic E-state index is 11.8. The quantitative estimate of drug-likeness (QED) is 0.0182. The first kappa shape index (κ1) is 110. The zero-order chi connectivity index (χ0) is 80.1. The van der Waals surface area contributed by atoms with E-state index in [1.807, 2.05) is 17.9 Å². The van der Waals surface area contributed by atoms with Crippen molar-refractivity contribution in [1.29, 1.82) is 0 Å². The Bertz CT molecular complexity index is 3100. The van der Waals surface area contributed by atoms with Crippen molar-refractivity contribution < 1.29 is 105 Å². The highest BCUT2D eigenvalue weighted by molar-refractivity contribution is 6.76. The SMILES string of the molecule is C.C.C.C.C=CCCOc1cc(C(=O)O)cc(OCCC=C)c1OCCC=C.C=CCCOc1cc(C(=O)O)cc(OCCC=C)c1OCCC=C.C=C[Si](C)(C)OC.CCCCOc1cc(C(=O)O)cc(OCC/C=C\CCCOc2cc(C(=O)O)cc(OCCCC)c2OCCCC)c1OCCCC.CO[SiH](C)C. The average Bonchev–Trinajstić information content (AvgIpc) is 0.842. The minimum atomic E-state index is -1.39. The molecule has 0 saturated heterocycles. The van der Waals surface area contributed by atoms with Gasteiger partial charge in [-0.1, -0.05) is 137 Å². The van der Waals surface area contributed by atoms with Crippen molar-refractivity contribution in [2.75, 3.05) is 93.5 Å². The zero-order valence-electron chi connectivity index (χ0n) is 65.5. The van der Waals surface area contributed by atoms with Crippen LogP contribution in [-0.4, -0.2) is 155 Å². The molecule has 0 bridgehead atoms. The Morgan fingerprint density at radius 1 is 0.333 bits per heavy atom. The van der Waals surface area contributed by atoms with Gasteiger partial charge in [-0.3, -0.25) is 0 Å². The average molecular weight is 1590 g/mol. The molecule has 4 aromatic carbocycles. The summed E-state index contributed by atoms with van der Waals surface area (Å²) in [6, 6.07) is 11.7. The van der Waals surface area contributed by atoms with E-state index in [0.717, 1.165) is 57.8 Å². The number of benzene rings is 4. The van der Waals surface area contributed by atoms with Crippen molar-refractivity contribution in [2.45, 2.75) is 193 Å². The number of aromatic carboxylic acids is 4. The van der Waals surface area contributed by atoms with E-state index in [2.05, 4.69) is 99.9 Å². The molecular weight excluding hydrogens is 1450 g/mol. The van der Waals surface area contributed by atoms with Gasteiger partial charge in [0.1, 0.15) is 0 Å². The third kappa shape index (κ3) is 49.5. The van der Waals surface area contributed by atoms with Gasteiger partial charge < -0.3 is 86.1 Å². The van der Waals surface area contributed by atoms with Crippen LogP contribution in [0.25, 0.3) is 0 Å². The van der Waals surface area contributed by atoms with Crippen molar-refractivity contribution in [3.8, 4) is 69.0 Å². The number of carboxylic acids is 4. The van der Waals surface area contributed by atoms with Gasteiger partial charge in [-0.05, 0) is 158 Å². The Morgan fingerprint density at radius 2 is 0.523 bits per heavy atom. The normalized spacial score (nSPS) is 10.0. The van der Waals surface area contributed by atoms with Crippen LogP contribution in [0.15, 0.2) is 149 Å². The Hall–Kier alpha value is -9.37. The molecule has 0 aliphatic carbocycles. The molecule has 0 unspecified atom stereocenters. The lowest BCUT2D eigenvalue weighted by atomic mass is 10.1. The Labute approximate surface area is 669 Å². The molecule has 0 amide bonds. The topological polar surface area (TPSA) is 278 Å². The lowest BCUT2D eigenvalue weighted by Crippen LogP contribution is -2.24. The highest BCUT2D eigenvalue weighted by Crippen LogP contribution is 2.43. The van der Waals surface area contributed by atoms with Crippen LogP contribution < -0.4 is 56.8 Å². The molecule has 22 nitrogen and oxygen atoms in total. The fourth-order valence-corrected chi connectivity index (χ4v) is 8.12. The summed E-state index contributed by atoms with van der Waals surface area (Å²) in [6.07, 6.45) is 27.5. The highest BCUT2D eigenvalue weighted by Gasteiger charge is 2.23. The molecule has 0 heterocycles. The highest BCUT2D eigenvalue weighted by atomic mass is 28.4. The zero-order valence-corrected chi connectivity index (χ0v) is 67.6. The molecular formula is C87H140O22Si2. The van der Waals surface area contributed by atoms with Crippen LogP contribution in [0.4, 0.5) is 0 Å². The number of allylic oxidation sites excluding steroid dienone is 1. The van der Waals surface area contributed by atoms with E-state index in [1.54, 1.807) is 50.7 Å². The fraction of sp³-hybridized carbons (Fsp3) is 0.494. The standard InChI is InChI=1S/C37H54O10.2C19H24O5.C5H12OSi.C3H10OSi.4CH4/c1-5-9-18-42-30-24-28(36(38)39)26-32(34(30)46-20-11-7-3)44-22-16-14-13-15-17-23-45-33-27-29(37(40)41)25-31(43-19-10-6-2)35(33)47-21-12-8-4;2*1-4-7-10-22-16-13-15(19(20)21)14-17(23-11-8-5-2)18(16)24-12-9-6-3;1-5-7(3,4)6-2;1-4-5(2)3;;;;/h13-14,24-27H,5-12,15-23H2,1-4H3,(H,38,39)(H,40,41);2*4-6,13-14H,1-3,7-12H2,(H,20,21);5H,1H2,2-4H3;5H,1-3H3;4*1H4/b14-13-;;;;;;;;. The summed E-state index contributed by atoms with van der Waals surface area (Å²) in [5.74, 6) is 0.283. The van der Waals surface area contributed by atoms with Crippen LogP contribution >= 0.6 is 0 Å². The van der Waals surface area contributed by atoms with Crippen LogP contribution in [0, 0.1) is 0 Å². The molecule has 0 radical (unpaired) electrons. The lowest BCUT2D eigenvalue weighted by molar-refractivity contribution is 0.0685. The number of unbranched alkanes of at least 4 members (excludes halogenated alkanes) is 5. The van der Waals surface area contributed by atoms with Gasteiger partial charge in [0.2, 0.25) is 31.3 Å². The molecule has 0 aromatic heterocycles. The van der Waals surface area contributed by atoms with Crippen molar-refractivity contribution in [3.05, 3.63) is 171 Å². The molecule has 4 aromatic rings. The first-order chi connectivity index (χ1) is 51.5. The maximum atomic E-state index is 11.8. The minimum absolute atomic E-state index is 0. The van der Waals surface area contributed by atoms with E-state index in [1.165, 1.54) is 48.5 Å². The number of carbonyl (C=O) groups is 4. The predicted molar refractivity (Wildman–Crippen MR) is 459 cm³/mol. The number of carboxylic acid groups (broad SMARTS) is 4. The van der Waals surface area contributed by atoms with E-state index in [9.17, 15) is 39.6 Å². The molecule has 111 heavy (non-hydrogen) atoms. The summed E-state index contributed by atoms with van der Waals surface area (Å²) in [6.45, 7) is 47.1. The molecule has 0 aliphatic rings. The van der Waals surface area contributed by atoms with Gasteiger partial charge in [-0.2, -0.15) is 0 Å². The second-order valence-electron chi connectivity index (χ2n) is 24.2. The summed E-state index contributed by atoms with van der Waals surface area (Å²) >= 11 is 0. The maximum Gasteiger partial charge on any atom is 0.335 e. The van der Waals surface area contributed by atoms with E-state index >= 15 is 0 Å². The largest absolute Gasteiger partial charge is 0.490 e. The minimum Gasteiger partial charge on any atom is -0.490 e. The van der Waals surface area contributed by atoms with E-state index in [4.69, 9.17) is 65.7 Å². The van der Waals surface area contributed by atoms with Crippen LogP contribution in [0.2, 0.25) is 26.2 Å². The summed E-state index contributed by atoms with van der Waals surface area (Å²) in [7, 11) is 1.45. The van der Waals surface area contributed by atoms with E-state index < -0.39 is 41.2 Å².